The molecule has 2 atom stereocenters. The molecule has 0 unspecified atom stereocenters. The molecular formula is C20H25N3S. The monoisotopic (exact) mass is 339 g/mol. The second-order valence-electron chi connectivity index (χ2n) is 6.54. The average Bonchev–Trinajstić information content (AvgIpc) is 2.60. The van der Waals surface area contributed by atoms with Crippen LogP contribution in [0.5, 0.6) is 0 Å². The van der Waals surface area contributed by atoms with Crippen LogP contribution >= 0.6 is 12.2 Å². The highest BCUT2D eigenvalue weighted by Gasteiger charge is 2.21. The molecule has 2 aromatic rings. The van der Waals surface area contributed by atoms with Gasteiger partial charge in [0.05, 0.1) is 0 Å². The van der Waals surface area contributed by atoms with Gasteiger partial charge in [-0.3, -0.25) is 0 Å². The van der Waals surface area contributed by atoms with Gasteiger partial charge in [-0.15, -0.1) is 0 Å². The van der Waals surface area contributed by atoms with E-state index in [9.17, 15) is 0 Å². The molecule has 0 bridgehead atoms. The molecule has 0 radical (unpaired) electrons. The van der Waals surface area contributed by atoms with Crippen molar-refractivity contribution in [1.82, 2.24) is 5.32 Å². The van der Waals surface area contributed by atoms with Crippen LogP contribution in [-0.2, 0) is 0 Å². The maximum atomic E-state index is 5.47. The minimum absolute atomic E-state index is 0.498. The van der Waals surface area contributed by atoms with E-state index in [-0.39, 0.29) is 0 Å². The molecule has 126 valence electrons. The fourth-order valence-corrected chi connectivity index (χ4v) is 3.46. The number of hydrogen-bond donors (Lipinski definition) is 3. The van der Waals surface area contributed by atoms with Crippen molar-refractivity contribution in [2.75, 3.05) is 10.6 Å². The minimum Gasteiger partial charge on any atom is -0.359 e. The molecule has 1 aliphatic rings. The second kappa shape index (κ2) is 8.15. The molecule has 3 nitrogen and oxygen atoms in total. The summed E-state index contributed by atoms with van der Waals surface area (Å²) >= 11 is 5.47. The molecule has 24 heavy (non-hydrogen) atoms. The Bertz CT molecular complexity index is 654. The van der Waals surface area contributed by atoms with Crippen molar-refractivity contribution in [3.63, 3.8) is 0 Å². The van der Waals surface area contributed by atoms with Gasteiger partial charge in [0.1, 0.15) is 0 Å². The summed E-state index contributed by atoms with van der Waals surface area (Å²) in [5.74, 6) is 0.691. The van der Waals surface area contributed by atoms with E-state index in [2.05, 4.69) is 47.1 Å². The molecule has 1 saturated carbocycles. The van der Waals surface area contributed by atoms with Crippen molar-refractivity contribution in [2.45, 2.75) is 38.6 Å². The summed E-state index contributed by atoms with van der Waals surface area (Å²) in [5, 5.41) is 10.9. The molecule has 0 aromatic heterocycles. The van der Waals surface area contributed by atoms with E-state index in [4.69, 9.17) is 12.2 Å². The molecule has 0 heterocycles. The Kier molecular flexibility index (Phi) is 5.70. The van der Waals surface area contributed by atoms with E-state index in [1.54, 1.807) is 0 Å². The highest BCUT2D eigenvalue weighted by Crippen LogP contribution is 2.24. The summed E-state index contributed by atoms with van der Waals surface area (Å²) in [6.45, 7) is 2.31. The van der Waals surface area contributed by atoms with Crippen molar-refractivity contribution in [3.05, 3.63) is 54.6 Å². The van der Waals surface area contributed by atoms with Crippen molar-refractivity contribution in [3.8, 4) is 0 Å². The summed E-state index contributed by atoms with van der Waals surface area (Å²) in [4.78, 5) is 0. The topological polar surface area (TPSA) is 36.1 Å². The maximum Gasteiger partial charge on any atom is 0.171 e. The standard InChI is InChI=1S/C20H25N3S/c1-15-7-5-6-10-19(15)23-20(24)22-18-13-11-17(12-14-18)21-16-8-3-2-4-9-16/h2-4,8-9,11-15,19,21H,5-7,10H2,1H3,(H2,22,23,24)/t15-,19+/m0/s1. The van der Waals surface area contributed by atoms with Gasteiger partial charge in [-0.25, -0.2) is 0 Å². The van der Waals surface area contributed by atoms with Crippen LogP contribution in [0, 0.1) is 5.92 Å². The van der Waals surface area contributed by atoms with Crippen LogP contribution in [0.4, 0.5) is 17.1 Å². The number of benzene rings is 2. The molecule has 3 rings (SSSR count). The first-order chi connectivity index (χ1) is 11.7. The Balaban J connectivity index is 1.53. The lowest BCUT2D eigenvalue weighted by atomic mass is 9.86. The fraction of sp³-hybridized carbons (Fsp3) is 0.350. The molecule has 1 aliphatic carbocycles. The van der Waals surface area contributed by atoms with E-state index in [0.717, 1.165) is 22.2 Å². The number of rotatable bonds is 4. The Morgan fingerprint density at radius 2 is 1.50 bits per heavy atom. The molecule has 0 spiro atoms. The third-order valence-corrected chi connectivity index (χ3v) is 4.85. The summed E-state index contributed by atoms with van der Waals surface area (Å²) < 4.78 is 0. The van der Waals surface area contributed by atoms with Crippen LogP contribution < -0.4 is 16.0 Å². The summed E-state index contributed by atoms with van der Waals surface area (Å²) in [5.41, 5.74) is 3.16. The lowest BCUT2D eigenvalue weighted by Crippen LogP contribution is -2.43. The number of anilines is 3. The van der Waals surface area contributed by atoms with Crippen molar-refractivity contribution in [1.29, 1.82) is 0 Å². The molecule has 0 amide bonds. The van der Waals surface area contributed by atoms with E-state index < -0.39 is 0 Å². The van der Waals surface area contributed by atoms with E-state index in [0.29, 0.717) is 12.0 Å². The van der Waals surface area contributed by atoms with Crippen molar-refractivity contribution >= 4 is 34.4 Å². The van der Waals surface area contributed by atoms with E-state index in [1.165, 1.54) is 25.7 Å². The average molecular weight is 340 g/mol. The summed E-state index contributed by atoms with van der Waals surface area (Å²) in [7, 11) is 0. The third-order valence-electron chi connectivity index (χ3n) is 4.63. The molecule has 4 heteroatoms. The lowest BCUT2D eigenvalue weighted by Gasteiger charge is -2.30. The fourth-order valence-electron chi connectivity index (χ4n) is 3.19. The molecule has 0 aliphatic heterocycles. The van der Waals surface area contributed by atoms with Gasteiger partial charge < -0.3 is 16.0 Å². The van der Waals surface area contributed by atoms with Gasteiger partial charge in [-0.2, -0.15) is 0 Å². The largest absolute Gasteiger partial charge is 0.359 e. The van der Waals surface area contributed by atoms with Gasteiger partial charge in [-0.1, -0.05) is 38.0 Å². The normalized spacial score (nSPS) is 20.2. The quantitative estimate of drug-likeness (QED) is 0.661. The van der Waals surface area contributed by atoms with Gasteiger partial charge in [0.15, 0.2) is 5.11 Å². The first kappa shape index (κ1) is 16.8. The highest BCUT2D eigenvalue weighted by atomic mass is 32.1. The smallest absolute Gasteiger partial charge is 0.171 e. The number of thiocarbonyl (C=S) groups is 1. The summed E-state index contributed by atoms with van der Waals surface area (Å²) in [6, 6.07) is 18.9. The van der Waals surface area contributed by atoms with Gasteiger partial charge in [-0.05, 0) is 67.4 Å². The molecule has 2 aromatic carbocycles. The van der Waals surface area contributed by atoms with Crippen LogP contribution in [0.15, 0.2) is 54.6 Å². The van der Waals surface area contributed by atoms with Crippen LogP contribution in [0.3, 0.4) is 0 Å². The highest BCUT2D eigenvalue weighted by molar-refractivity contribution is 7.80. The van der Waals surface area contributed by atoms with E-state index >= 15 is 0 Å². The molecule has 1 fully saturated rings. The molecule has 0 saturated heterocycles. The Morgan fingerprint density at radius 3 is 2.21 bits per heavy atom. The SMILES string of the molecule is C[C@H]1CCCC[C@H]1NC(=S)Nc1ccc(Nc2ccccc2)cc1. The van der Waals surface area contributed by atoms with Crippen LogP contribution in [-0.4, -0.2) is 11.2 Å². The molecule has 3 N–H and O–H groups in total. The lowest BCUT2D eigenvalue weighted by molar-refractivity contribution is 0.309. The third kappa shape index (κ3) is 4.71. The van der Waals surface area contributed by atoms with E-state index in [1.807, 2.05) is 30.3 Å². The van der Waals surface area contributed by atoms with Crippen LogP contribution in [0.25, 0.3) is 0 Å². The van der Waals surface area contributed by atoms with Crippen molar-refractivity contribution < 1.29 is 0 Å². The zero-order chi connectivity index (χ0) is 16.8. The maximum absolute atomic E-state index is 5.47. The Labute approximate surface area is 149 Å². The first-order valence-electron chi connectivity index (χ1n) is 8.70. The van der Waals surface area contributed by atoms with Crippen molar-refractivity contribution in [2.24, 2.45) is 5.92 Å². The zero-order valence-corrected chi connectivity index (χ0v) is 14.9. The van der Waals surface area contributed by atoms with Gasteiger partial charge in [0.2, 0.25) is 0 Å². The zero-order valence-electron chi connectivity index (χ0n) is 14.1. The number of nitrogens with one attached hydrogen (secondary N) is 3. The summed E-state index contributed by atoms with van der Waals surface area (Å²) in [6.07, 6.45) is 5.14. The number of hydrogen-bond acceptors (Lipinski definition) is 2. The molecular weight excluding hydrogens is 314 g/mol. The number of para-hydroxylation sites is 1. The van der Waals surface area contributed by atoms with Gasteiger partial charge in [0, 0.05) is 23.1 Å². The first-order valence-corrected chi connectivity index (χ1v) is 9.11. The minimum atomic E-state index is 0.498. The van der Waals surface area contributed by atoms with Crippen LogP contribution in [0.2, 0.25) is 0 Å². The van der Waals surface area contributed by atoms with Gasteiger partial charge in [0.25, 0.3) is 0 Å². The van der Waals surface area contributed by atoms with Crippen LogP contribution in [0.1, 0.15) is 32.6 Å². The Morgan fingerprint density at radius 1 is 0.875 bits per heavy atom. The predicted octanol–water partition coefficient (Wildman–Crippen LogP) is 5.30. The second-order valence-corrected chi connectivity index (χ2v) is 6.94. The predicted molar refractivity (Wildman–Crippen MR) is 107 cm³/mol. The Hall–Kier alpha value is -2.07. The van der Waals surface area contributed by atoms with Gasteiger partial charge >= 0.3 is 0 Å².